The van der Waals surface area contributed by atoms with E-state index in [2.05, 4.69) is 14.9 Å². The van der Waals surface area contributed by atoms with Gasteiger partial charge in [0.05, 0.1) is 20.9 Å². The number of benzene rings is 1. The van der Waals surface area contributed by atoms with Gasteiger partial charge in [0.1, 0.15) is 0 Å². The van der Waals surface area contributed by atoms with E-state index in [9.17, 15) is 13.6 Å². The lowest BCUT2D eigenvalue weighted by Gasteiger charge is -2.31. The quantitative estimate of drug-likeness (QED) is 0.279. The highest BCUT2D eigenvalue weighted by molar-refractivity contribution is 7.18. The number of thiazole rings is 2. The number of Topliss-reactive ketones (excluding diaryl/α,β-unsaturated/α-hetero) is 1. The van der Waals surface area contributed by atoms with Crippen molar-refractivity contribution in [2.75, 3.05) is 19.7 Å². The summed E-state index contributed by atoms with van der Waals surface area (Å²) in [5.74, 6) is -1.41. The molecule has 5 rings (SSSR count). The van der Waals surface area contributed by atoms with Crippen LogP contribution >= 0.6 is 22.7 Å². The molecule has 194 valence electrons. The van der Waals surface area contributed by atoms with Gasteiger partial charge in [-0.15, -0.1) is 11.3 Å². The maximum Gasteiger partial charge on any atom is 0.278 e. The van der Waals surface area contributed by atoms with E-state index in [1.165, 1.54) is 24.2 Å². The molecule has 0 atom stereocenters. The number of hydrogen-bond donors (Lipinski definition) is 0. The van der Waals surface area contributed by atoms with Crippen LogP contribution in [0.1, 0.15) is 71.4 Å². The Balaban J connectivity index is 1.04. The molecule has 0 unspecified atom stereocenters. The third-order valence-corrected chi connectivity index (χ3v) is 9.35. The van der Waals surface area contributed by atoms with Gasteiger partial charge in [0.15, 0.2) is 12.4 Å². The largest absolute Gasteiger partial charge is 0.464 e. The van der Waals surface area contributed by atoms with Crippen molar-refractivity contribution in [1.29, 1.82) is 0 Å². The number of ether oxygens (including phenoxy) is 1. The third kappa shape index (κ3) is 6.47. The van der Waals surface area contributed by atoms with Crippen molar-refractivity contribution >= 4 is 38.7 Å². The number of aromatic nitrogens is 2. The number of carbonyl (C=O) groups excluding carboxylic acids is 1. The van der Waals surface area contributed by atoms with Gasteiger partial charge in [0.2, 0.25) is 0 Å². The Bertz CT molecular complexity index is 1210. The number of aryl methyl sites for hydroxylation is 1. The van der Waals surface area contributed by atoms with Gasteiger partial charge in [-0.1, -0.05) is 24.2 Å². The van der Waals surface area contributed by atoms with Gasteiger partial charge in [-0.2, -0.15) is 0 Å². The second-order valence-corrected chi connectivity index (χ2v) is 12.7. The number of hydrogen-bond acceptors (Lipinski definition) is 7. The lowest BCUT2D eigenvalue weighted by atomic mass is 9.78. The number of nitrogens with zero attached hydrogens (tertiary/aromatic N) is 3. The molecule has 1 fully saturated rings. The summed E-state index contributed by atoms with van der Waals surface area (Å²) >= 11 is 3.05. The van der Waals surface area contributed by atoms with Crippen LogP contribution in [0.5, 0.6) is 5.19 Å². The number of ketones is 1. The first kappa shape index (κ1) is 25.7. The third-order valence-electron chi connectivity index (χ3n) is 7.35. The molecular formula is C27H33F2N3O2S2. The Morgan fingerprint density at radius 2 is 1.94 bits per heavy atom. The molecule has 0 spiro atoms. The minimum Gasteiger partial charge on any atom is -0.464 e. The van der Waals surface area contributed by atoms with Crippen LogP contribution in [0.3, 0.4) is 0 Å². The predicted molar refractivity (Wildman–Crippen MR) is 141 cm³/mol. The van der Waals surface area contributed by atoms with E-state index >= 15 is 0 Å². The van der Waals surface area contributed by atoms with Gasteiger partial charge in [-0.05, 0) is 69.2 Å². The van der Waals surface area contributed by atoms with Crippen molar-refractivity contribution in [3.8, 4) is 5.19 Å². The monoisotopic (exact) mass is 533 g/mol. The molecule has 0 N–H and O–H groups in total. The zero-order chi connectivity index (χ0) is 25.3. The van der Waals surface area contributed by atoms with Crippen LogP contribution in [0.15, 0.2) is 18.2 Å². The lowest BCUT2D eigenvalue weighted by molar-refractivity contribution is -0.0230. The highest BCUT2D eigenvalue weighted by Gasteiger charge is 2.27. The number of carbonyl (C=O) groups is 1. The molecule has 5 nitrogen and oxygen atoms in total. The standard InChI is InChI=1S/C27H33F2N3O2S2/c1-17-30-21-8-7-20(14-25(21)35-17)23(33)13-19-5-3-18(4-6-19)9-11-32-12-10-24-22(15-32)31-26(36-24)34-16-27(2,28)29/h7-8,14,18-19H,3-6,9-13,15-16H2,1-2H3. The summed E-state index contributed by atoms with van der Waals surface area (Å²) in [5, 5.41) is 1.39. The molecule has 36 heavy (non-hydrogen) atoms. The van der Waals surface area contributed by atoms with Crippen molar-refractivity contribution in [3.63, 3.8) is 0 Å². The number of rotatable bonds is 9. The molecule has 0 amide bonds. The topological polar surface area (TPSA) is 55.3 Å². The van der Waals surface area contributed by atoms with E-state index in [-0.39, 0.29) is 5.78 Å². The van der Waals surface area contributed by atoms with Gasteiger partial charge in [0.25, 0.3) is 11.1 Å². The smallest absolute Gasteiger partial charge is 0.278 e. The first-order valence-corrected chi connectivity index (χ1v) is 14.5. The van der Waals surface area contributed by atoms with Gasteiger partial charge >= 0.3 is 0 Å². The SMILES string of the molecule is Cc1nc2ccc(C(=O)CC3CCC(CCN4CCc5sc(OCC(C)(F)F)nc5C4)CC3)cc2s1. The summed E-state index contributed by atoms with van der Waals surface area (Å²) in [6.07, 6.45) is 7.32. The molecule has 1 aliphatic carbocycles. The average molecular weight is 534 g/mol. The molecule has 1 aromatic carbocycles. The Labute approximate surface area is 218 Å². The zero-order valence-corrected chi connectivity index (χ0v) is 22.5. The zero-order valence-electron chi connectivity index (χ0n) is 20.9. The van der Waals surface area contributed by atoms with Gasteiger partial charge in [0, 0.05) is 36.9 Å². The van der Waals surface area contributed by atoms with Crippen molar-refractivity contribution in [3.05, 3.63) is 39.3 Å². The van der Waals surface area contributed by atoms with E-state index in [4.69, 9.17) is 4.74 Å². The van der Waals surface area contributed by atoms with E-state index < -0.39 is 12.5 Å². The second kappa shape index (κ2) is 10.8. The summed E-state index contributed by atoms with van der Waals surface area (Å²) in [5.41, 5.74) is 2.77. The molecule has 3 heterocycles. The van der Waals surface area contributed by atoms with Crippen molar-refractivity contribution in [2.45, 2.75) is 71.3 Å². The van der Waals surface area contributed by atoms with E-state index in [0.717, 1.165) is 83.6 Å². The van der Waals surface area contributed by atoms with Gasteiger partial charge < -0.3 is 4.74 Å². The van der Waals surface area contributed by atoms with Crippen LogP contribution in [-0.2, 0) is 13.0 Å². The van der Waals surface area contributed by atoms with Crippen molar-refractivity contribution in [1.82, 2.24) is 14.9 Å². The van der Waals surface area contributed by atoms with Crippen LogP contribution in [0.4, 0.5) is 8.78 Å². The Kier molecular flexibility index (Phi) is 7.70. The number of fused-ring (bicyclic) bond motifs is 2. The van der Waals surface area contributed by atoms with Crippen LogP contribution in [-0.4, -0.2) is 46.3 Å². The van der Waals surface area contributed by atoms with Crippen LogP contribution < -0.4 is 4.74 Å². The molecule has 1 aliphatic heterocycles. The first-order valence-electron chi connectivity index (χ1n) is 12.8. The van der Waals surface area contributed by atoms with Crippen LogP contribution in [0, 0.1) is 18.8 Å². The van der Waals surface area contributed by atoms with E-state index in [1.807, 2.05) is 25.1 Å². The Morgan fingerprint density at radius 3 is 2.72 bits per heavy atom. The molecule has 0 radical (unpaired) electrons. The lowest BCUT2D eigenvalue weighted by Crippen LogP contribution is -2.32. The first-order chi connectivity index (χ1) is 17.2. The fraction of sp³-hybridized carbons (Fsp3) is 0.593. The fourth-order valence-corrected chi connectivity index (χ4v) is 7.13. The summed E-state index contributed by atoms with van der Waals surface area (Å²) in [6.45, 7) is 5.01. The minimum absolute atomic E-state index is 0.254. The minimum atomic E-state index is -2.85. The maximum absolute atomic E-state index is 13.1. The summed E-state index contributed by atoms with van der Waals surface area (Å²) in [4.78, 5) is 25.4. The fourth-order valence-electron chi connectivity index (χ4n) is 5.35. The summed E-state index contributed by atoms with van der Waals surface area (Å²) in [7, 11) is 0. The summed E-state index contributed by atoms with van der Waals surface area (Å²) in [6, 6.07) is 5.90. The maximum atomic E-state index is 13.1. The summed E-state index contributed by atoms with van der Waals surface area (Å²) < 4.78 is 32.4. The molecule has 9 heteroatoms. The molecule has 2 aromatic heterocycles. The molecule has 0 bridgehead atoms. The predicted octanol–water partition coefficient (Wildman–Crippen LogP) is 6.92. The molecule has 3 aromatic rings. The molecule has 1 saturated carbocycles. The van der Waals surface area contributed by atoms with Gasteiger partial charge in [-0.3, -0.25) is 9.69 Å². The van der Waals surface area contributed by atoms with Crippen molar-refractivity contribution in [2.24, 2.45) is 11.8 Å². The van der Waals surface area contributed by atoms with E-state index in [1.54, 1.807) is 11.3 Å². The van der Waals surface area contributed by atoms with Crippen LogP contribution in [0.2, 0.25) is 0 Å². The highest BCUT2D eigenvalue weighted by atomic mass is 32.1. The molecular weight excluding hydrogens is 500 g/mol. The van der Waals surface area contributed by atoms with Gasteiger partial charge in [-0.25, -0.2) is 18.7 Å². The number of alkyl halides is 2. The second-order valence-electron chi connectivity index (χ2n) is 10.5. The Morgan fingerprint density at radius 1 is 1.17 bits per heavy atom. The van der Waals surface area contributed by atoms with Crippen molar-refractivity contribution < 1.29 is 18.3 Å². The van der Waals surface area contributed by atoms with Crippen LogP contribution in [0.25, 0.3) is 10.2 Å². The number of halogens is 2. The van der Waals surface area contributed by atoms with E-state index in [0.29, 0.717) is 23.5 Å². The Hall–Kier alpha value is -1.97. The highest BCUT2D eigenvalue weighted by Crippen LogP contribution is 2.35. The normalized spacial score (nSPS) is 21.0. The molecule has 2 aliphatic rings. The molecule has 0 saturated heterocycles. The average Bonchev–Trinajstić information content (AvgIpc) is 3.42.